The maximum absolute atomic E-state index is 11.4. The molecule has 1 saturated carbocycles. The third-order valence-corrected chi connectivity index (χ3v) is 6.30. The van der Waals surface area contributed by atoms with Crippen LogP contribution in [-0.4, -0.2) is 46.2 Å². The first kappa shape index (κ1) is 19.4. The molecule has 3 aromatic rings. The number of piperidine rings is 2. The molecule has 0 spiro atoms. The molecule has 3 aromatic heterocycles. The molecule has 2 saturated heterocycles. The van der Waals surface area contributed by atoms with E-state index in [2.05, 4.69) is 21.4 Å². The molecule has 158 valence electrons. The maximum Gasteiger partial charge on any atom is 0.217 e. The summed E-state index contributed by atoms with van der Waals surface area (Å²) in [7, 11) is 0. The quantitative estimate of drug-likeness (QED) is 0.687. The zero-order chi connectivity index (χ0) is 21.5. The third kappa shape index (κ3) is 3.36. The maximum atomic E-state index is 11.4. The highest BCUT2D eigenvalue weighted by Crippen LogP contribution is 2.41. The fraction of sp³-hybridized carbons (Fsp3) is 0.391. The van der Waals surface area contributed by atoms with Crippen LogP contribution in [0, 0.1) is 23.2 Å². The van der Waals surface area contributed by atoms with Crippen LogP contribution in [0.1, 0.15) is 25.8 Å². The largest absolute Gasteiger partial charge is 0.492 e. The fourth-order valence-corrected chi connectivity index (χ4v) is 4.92. The lowest BCUT2D eigenvalue weighted by molar-refractivity contribution is -0.122. The molecule has 3 aliphatic rings. The van der Waals surface area contributed by atoms with Gasteiger partial charge in [0.05, 0.1) is 30.1 Å². The zero-order valence-electron chi connectivity index (χ0n) is 17.6. The number of rotatable bonds is 5. The van der Waals surface area contributed by atoms with E-state index in [0.29, 0.717) is 35.8 Å². The first-order valence-electron chi connectivity index (χ1n) is 10.6. The van der Waals surface area contributed by atoms with Gasteiger partial charge in [-0.2, -0.15) is 10.4 Å². The summed E-state index contributed by atoms with van der Waals surface area (Å²) in [5.41, 5.74) is 3.04. The van der Waals surface area contributed by atoms with Crippen LogP contribution in [0.4, 0.5) is 5.82 Å². The summed E-state index contributed by atoms with van der Waals surface area (Å²) in [5, 5.41) is 16.9. The van der Waals surface area contributed by atoms with E-state index >= 15 is 0 Å². The lowest BCUT2D eigenvalue weighted by Crippen LogP contribution is -2.64. The van der Waals surface area contributed by atoms with Gasteiger partial charge in [0.1, 0.15) is 17.6 Å². The van der Waals surface area contributed by atoms with Gasteiger partial charge in [-0.1, -0.05) is 0 Å². The van der Waals surface area contributed by atoms with Crippen LogP contribution in [0.15, 0.2) is 36.8 Å². The molecule has 2 unspecified atom stereocenters. The van der Waals surface area contributed by atoms with Gasteiger partial charge in [0.15, 0.2) is 0 Å². The van der Waals surface area contributed by atoms with Crippen LogP contribution < -0.4 is 15.0 Å². The minimum absolute atomic E-state index is 0.0489. The Hall–Kier alpha value is -3.60. The zero-order valence-corrected chi connectivity index (χ0v) is 17.6. The number of hydrogen-bond acceptors (Lipinski definition) is 6. The van der Waals surface area contributed by atoms with Crippen molar-refractivity contribution in [3.05, 3.63) is 42.4 Å². The van der Waals surface area contributed by atoms with Crippen LogP contribution >= 0.6 is 0 Å². The van der Waals surface area contributed by atoms with E-state index in [0.717, 1.165) is 35.6 Å². The number of amides is 1. The summed E-state index contributed by atoms with van der Waals surface area (Å²) >= 11 is 0. The van der Waals surface area contributed by atoms with Crippen LogP contribution in [0.25, 0.3) is 16.6 Å². The molecular formula is C23H24N6O2. The number of nitriles is 1. The lowest BCUT2D eigenvalue weighted by atomic mass is 9.66. The van der Waals surface area contributed by atoms with Gasteiger partial charge in [-0.15, -0.1) is 0 Å². The molecule has 8 heteroatoms. The predicted octanol–water partition coefficient (Wildman–Crippen LogP) is 2.63. The second-order valence-electron chi connectivity index (χ2n) is 8.28. The number of ether oxygens (including phenoxy) is 1. The number of carbonyl (C=O) groups is 1. The molecule has 6 rings (SSSR count). The van der Waals surface area contributed by atoms with E-state index < -0.39 is 0 Å². The summed E-state index contributed by atoms with van der Waals surface area (Å²) in [6.07, 6.45) is 6.37. The highest BCUT2D eigenvalue weighted by atomic mass is 16.5. The van der Waals surface area contributed by atoms with Crippen molar-refractivity contribution < 1.29 is 9.53 Å². The van der Waals surface area contributed by atoms with E-state index in [9.17, 15) is 10.1 Å². The minimum atomic E-state index is 0.0489. The summed E-state index contributed by atoms with van der Waals surface area (Å²) in [6, 6.07) is 8.52. The number of nitrogens with zero attached hydrogens (tertiary/aromatic N) is 5. The Bertz CT molecular complexity index is 1170. The number of hydrogen-bond donors (Lipinski definition) is 1. The summed E-state index contributed by atoms with van der Waals surface area (Å²) in [6.45, 7) is 5.87. The van der Waals surface area contributed by atoms with Gasteiger partial charge in [0.2, 0.25) is 5.91 Å². The van der Waals surface area contributed by atoms with E-state index in [-0.39, 0.29) is 5.91 Å². The molecule has 0 aromatic carbocycles. The second kappa shape index (κ2) is 7.58. The number of nitrogens with one attached hydrogen (secondary N) is 1. The second-order valence-corrected chi connectivity index (χ2v) is 8.28. The van der Waals surface area contributed by atoms with Gasteiger partial charge < -0.3 is 15.0 Å². The van der Waals surface area contributed by atoms with E-state index in [4.69, 9.17) is 9.72 Å². The van der Waals surface area contributed by atoms with Gasteiger partial charge in [-0.05, 0) is 43.4 Å². The molecule has 31 heavy (non-hydrogen) atoms. The monoisotopic (exact) mass is 416 g/mol. The number of pyridine rings is 2. The molecule has 1 amide bonds. The van der Waals surface area contributed by atoms with Crippen molar-refractivity contribution in [1.29, 1.82) is 5.26 Å². The van der Waals surface area contributed by atoms with Crippen molar-refractivity contribution in [2.45, 2.75) is 26.3 Å². The molecule has 0 radical (unpaired) electrons. The molecule has 1 aliphatic carbocycles. The molecule has 8 nitrogen and oxygen atoms in total. The van der Waals surface area contributed by atoms with Crippen molar-refractivity contribution in [2.24, 2.45) is 11.8 Å². The smallest absolute Gasteiger partial charge is 0.217 e. The normalized spacial score (nSPS) is 22.0. The number of carbonyl (C=O) groups excluding carboxylic acids is 1. The number of anilines is 1. The lowest BCUT2D eigenvalue weighted by Gasteiger charge is -2.54. The molecule has 2 atom stereocenters. The first-order valence-corrected chi connectivity index (χ1v) is 10.6. The van der Waals surface area contributed by atoms with Crippen molar-refractivity contribution in [1.82, 2.24) is 19.9 Å². The van der Waals surface area contributed by atoms with Crippen molar-refractivity contribution in [3.8, 4) is 22.9 Å². The third-order valence-electron chi connectivity index (χ3n) is 6.30. The topological polar surface area (TPSA) is 95.5 Å². The summed E-state index contributed by atoms with van der Waals surface area (Å²) in [5.74, 6) is 2.65. The summed E-state index contributed by atoms with van der Waals surface area (Å²) in [4.78, 5) is 18.4. The molecule has 3 fully saturated rings. The molecular weight excluding hydrogens is 392 g/mol. The average molecular weight is 416 g/mol. The highest BCUT2D eigenvalue weighted by molar-refractivity contribution is 5.85. The van der Waals surface area contributed by atoms with Crippen LogP contribution in [0.5, 0.6) is 5.75 Å². The van der Waals surface area contributed by atoms with Crippen molar-refractivity contribution >= 4 is 17.2 Å². The Labute approximate surface area is 180 Å². The van der Waals surface area contributed by atoms with Gasteiger partial charge in [0, 0.05) is 43.4 Å². The van der Waals surface area contributed by atoms with Crippen molar-refractivity contribution in [3.63, 3.8) is 0 Å². The Balaban J connectivity index is 1.42. The Morgan fingerprint density at radius 2 is 2.13 bits per heavy atom. The first-order chi connectivity index (χ1) is 15.1. The average Bonchev–Trinajstić information content (AvgIpc) is 3.20. The van der Waals surface area contributed by atoms with Gasteiger partial charge in [-0.25, -0.2) is 9.50 Å². The standard InChI is InChI=1S/C23H24N6O2/c1-3-31-19-7-20(23-18(8-24)10-26-29(23)13-19)15-4-5-21(25-9-15)28-11-16-6-17(12-28)22(16)27-14(2)30/h4-5,7,9-10,13,16-17,22H,3,6,11-12H2,1-2H3,(H,27,30). The van der Waals surface area contributed by atoms with E-state index in [1.165, 1.54) is 6.42 Å². The predicted molar refractivity (Wildman–Crippen MR) is 116 cm³/mol. The Morgan fingerprint density at radius 1 is 1.32 bits per heavy atom. The molecule has 1 N–H and O–H groups in total. The highest BCUT2D eigenvalue weighted by Gasteiger charge is 2.47. The molecule has 2 bridgehead atoms. The van der Waals surface area contributed by atoms with Crippen LogP contribution in [0.3, 0.4) is 0 Å². The van der Waals surface area contributed by atoms with Crippen LogP contribution in [-0.2, 0) is 4.79 Å². The molecule has 5 heterocycles. The Kier molecular flexibility index (Phi) is 4.74. The van der Waals surface area contributed by atoms with E-state index in [1.54, 1.807) is 23.8 Å². The van der Waals surface area contributed by atoms with Crippen molar-refractivity contribution in [2.75, 3.05) is 24.6 Å². The van der Waals surface area contributed by atoms with E-state index in [1.807, 2.05) is 31.3 Å². The number of aromatic nitrogens is 3. The SMILES string of the molecule is CCOc1cc(-c2ccc(N3CC4CC(C3)C4NC(C)=O)nc2)c2c(C#N)cnn2c1. The number of fused-ring (bicyclic) bond motifs is 3. The Morgan fingerprint density at radius 3 is 2.77 bits per heavy atom. The molecule has 2 aliphatic heterocycles. The van der Waals surface area contributed by atoms with Gasteiger partial charge in [0.25, 0.3) is 0 Å². The van der Waals surface area contributed by atoms with Gasteiger partial charge in [-0.3, -0.25) is 4.79 Å². The fourth-order valence-electron chi connectivity index (χ4n) is 4.92. The minimum Gasteiger partial charge on any atom is -0.492 e. The summed E-state index contributed by atoms with van der Waals surface area (Å²) < 4.78 is 7.38. The van der Waals surface area contributed by atoms with Crippen LogP contribution in [0.2, 0.25) is 0 Å². The van der Waals surface area contributed by atoms with Gasteiger partial charge >= 0.3 is 0 Å².